The molecular formula is C17H27N5O2. The van der Waals surface area contributed by atoms with Crippen LogP contribution >= 0.6 is 0 Å². The Morgan fingerprint density at radius 3 is 2.92 bits per heavy atom. The van der Waals surface area contributed by atoms with Crippen molar-refractivity contribution in [3.05, 3.63) is 18.0 Å². The Kier molecular flexibility index (Phi) is 5.30. The number of amides is 1. The van der Waals surface area contributed by atoms with Gasteiger partial charge >= 0.3 is 0 Å². The van der Waals surface area contributed by atoms with Crippen LogP contribution in [-0.4, -0.2) is 79.1 Å². The number of anilines is 1. The Morgan fingerprint density at radius 1 is 1.33 bits per heavy atom. The van der Waals surface area contributed by atoms with Crippen molar-refractivity contribution in [2.45, 2.75) is 31.4 Å². The predicted octanol–water partition coefficient (Wildman–Crippen LogP) is 0.927. The summed E-state index contributed by atoms with van der Waals surface area (Å²) >= 11 is 0. The Labute approximate surface area is 143 Å². The number of nitrogens with zero attached hydrogens (tertiary/aromatic N) is 5. The van der Waals surface area contributed by atoms with Gasteiger partial charge in [-0.3, -0.25) is 9.69 Å². The summed E-state index contributed by atoms with van der Waals surface area (Å²) in [7, 11) is 5.87. The SMILES string of the molecule is CN(C)c1nccc(C2CN(C(=O)C3CCCCN3C)CCO2)n1. The second-order valence-corrected chi connectivity index (χ2v) is 6.81. The van der Waals surface area contributed by atoms with Crippen LogP contribution in [0.15, 0.2) is 12.3 Å². The van der Waals surface area contributed by atoms with Crippen LogP contribution in [0.2, 0.25) is 0 Å². The van der Waals surface area contributed by atoms with Gasteiger partial charge in [0.1, 0.15) is 6.10 Å². The van der Waals surface area contributed by atoms with Crippen LogP contribution in [0, 0.1) is 0 Å². The van der Waals surface area contributed by atoms with Gasteiger partial charge in [0.25, 0.3) is 0 Å². The van der Waals surface area contributed by atoms with Gasteiger partial charge in [-0.05, 0) is 32.5 Å². The van der Waals surface area contributed by atoms with E-state index in [9.17, 15) is 4.79 Å². The second kappa shape index (κ2) is 7.44. The van der Waals surface area contributed by atoms with Crippen molar-refractivity contribution in [3.8, 4) is 0 Å². The quantitative estimate of drug-likeness (QED) is 0.820. The third-order valence-electron chi connectivity index (χ3n) is 4.83. The molecule has 3 rings (SSSR count). The van der Waals surface area contributed by atoms with E-state index in [0.29, 0.717) is 25.6 Å². The van der Waals surface area contributed by atoms with E-state index in [1.165, 1.54) is 6.42 Å². The first-order valence-electron chi connectivity index (χ1n) is 8.67. The number of aromatic nitrogens is 2. The Balaban J connectivity index is 1.70. The monoisotopic (exact) mass is 333 g/mol. The van der Waals surface area contributed by atoms with E-state index in [-0.39, 0.29) is 18.1 Å². The number of rotatable bonds is 3. The van der Waals surface area contributed by atoms with Crippen LogP contribution in [0.25, 0.3) is 0 Å². The highest BCUT2D eigenvalue weighted by Gasteiger charge is 2.33. The zero-order chi connectivity index (χ0) is 17.1. The number of morpholine rings is 1. The second-order valence-electron chi connectivity index (χ2n) is 6.81. The van der Waals surface area contributed by atoms with Gasteiger partial charge in [0.2, 0.25) is 11.9 Å². The van der Waals surface area contributed by atoms with E-state index in [4.69, 9.17) is 4.74 Å². The van der Waals surface area contributed by atoms with E-state index >= 15 is 0 Å². The zero-order valence-electron chi connectivity index (χ0n) is 14.8. The molecule has 24 heavy (non-hydrogen) atoms. The molecule has 1 aromatic heterocycles. The normalized spacial score (nSPS) is 25.5. The molecule has 2 aliphatic rings. The first kappa shape index (κ1) is 17.1. The van der Waals surface area contributed by atoms with Crippen LogP contribution in [0.3, 0.4) is 0 Å². The molecule has 1 amide bonds. The van der Waals surface area contributed by atoms with E-state index in [1.807, 2.05) is 37.0 Å². The minimum absolute atomic E-state index is 0.0141. The number of carbonyl (C=O) groups excluding carboxylic acids is 1. The van der Waals surface area contributed by atoms with E-state index in [2.05, 4.69) is 14.9 Å². The number of likely N-dealkylation sites (tertiary alicyclic amines) is 1. The topological polar surface area (TPSA) is 61.8 Å². The zero-order valence-corrected chi connectivity index (χ0v) is 14.8. The van der Waals surface area contributed by atoms with Gasteiger partial charge in [-0.1, -0.05) is 6.42 Å². The number of piperidine rings is 1. The Bertz CT molecular complexity index is 580. The summed E-state index contributed by atoms with van der Waals surface area (Å²) in [5.74, 6) is 0.888. The van der Waals surface area contributed by atoms with Gasteiger partial charge in [0, 0.05) is 26.8 Å². The summed E-state index contributed by atoms with van der Waals surface area (Å²) in [6.45, 7) is 2.77. The lowest BCUT2D eigenvalue weighted by Crippen LogP contribution is -2.52. The molecule has 1 aromatic rings. The third kappa shape index (κ3) is 3.67. The molecule has 0 aliphatic carbocycles. The minimum atomic E-state index is -0.182. The summed E-state index contributed by atoms with van der Waals surface area (Å²) in [5, 5.41) is 0. The fourth-order valence-corrected chi connectivity index (χ4v) is 3.38. The molecule has 0 radical (unpaired) electrons. The van der Waals surface area contributed by atoms with Gasteiger partial charge in [-0.15, -0.1) is 0 Å². The Morgan fingerprint density at radius 2 is 2.17 bits per heavy atom. The maximum atomic E-state index is 12.9. The summed E-state index contributed by atoms with van der Waals surface area (Å²) in [6.07, 6.45) is 4.83. The van der Waals surface area contributed by atoms with Crippen LogP contribution in [0.4, 0.5) is 5.95 Å². The minimum Gasteiger partial charge on any atom is -0.368 e. The molecule has 0 bridgehead atoms. The van der Waals surface area contributed by atoms with E-state index in [0.717, 1.165) is 25.1 Å². The van der Waals surface area contributed by atoms with Gasteiger partial charge < -0.3 is 14.5 Å². The number of likely N-dealkylation sites (N-methyl/N-ethyl adjacent to an activating group) is 1. The first-order valence-corrected chi connectivity index (χ1v) is 8.67. The fourth-order valence-electron chi connectivity index (χ4n) is 3.38. The lowest BCUT2D eigenvalue weighted by Gasteiger charge is -2.38. The van der Waals surface area contributed by atoms with Gasteiger partial charge in [0.15, 0.2) is 0 Å². The van der Waals surface area contributed by atoms with Crippen molar-refractivity contribution < 1.29 is 9.53 Å². The largest absolute Gasteiger partial charge is 0.368 e. The number of hydrogen-bond donors (Lipinski definition) is 0. The maximum absolute atomic E-state index is 12.9. The van der Waals surface area contributed by atoms with Crippen LogP contribution < -0.4 is 4.90 Å². The van der Waals surface area contributed by atoms with Crippen molar-refractivity contribution in [3.63, 3.8) is 0 Å². The molecule has 132 valence electrons. The number of ether oxygens (including phenoxy) is 1. The molecule has 2 atom stereocenters. The molecule has 0 aromatic carbocycles. The fraction of sp³-hybridized carbons (Fsp3) is 0.706. The third-order valence-corrected chi connectivity index (χ3v) is 4.83. The molecule has 2 fully saturated rings. The highest BCUT2D eigenvalue weighted by molar-refractivity contribution is 5.82. The van der Waals surface area contributed by atoms with Gasteiger partial charge in [0.05, 0.1) is 24.9 Å². The first-order chi connectivity index (χ1) is 11.6. The van der Waals surface area contributed by atoms with Crippen LogP contribution in [0.5, 0.6) is 0 Å². The molecular weight excluding hydrogens is 306 g/mol. The highest BCUT2D eigenvalue weighted by Crippen LogP contribution is 2.24. The smallest absolute Gasteiger partial charge is 0.240 e. The van der Waals surface area contributed by atoms with E-state index in [1.54, 1.807) is 6.20 Å². The van der Waals surface area contributed by atoms with Crippen molar-refractivity contribution in [2.24, 2.45) is 0 Å². The highest BCUT2D eigenvalue weighted by atomic mass is 16.5. The summed E-state index contributed by atoms with van der Waals surface area (Å²) in [5.41, 5.74) is 0.836. The molecule has 3 heterocycles. The van der Waals surface area contributed by atoms with Crippen LogP contribution in [-0.2, 0) is 9.53 Å². The number of hydrogen-bond acceptors (Lipinski definition) is 6. The number of carbonyl (C=O) groups is 1. The molecule has 7 nitrogen and oxygen atoms in total. The van der Waals surface area contributed by atoms with Crippen molar-refractivity contribution in [1.29, 1.82) is 0 Å². The standard InChI is InChI=1S/C17H27N5O2/c1-20(2)17-18-8-7-13(19-17)15-12-22(10-11-24-15)16(23)14-6-4-5-9-21(14)3/h7-8,14-15H,4-6,9-12H2,1-3H3. The van der Waals surface area contributed by atoms with Crippen molar-refractivity contribution in [2.75, 3.05) is 52.3 Å². The average molecular weight is 333 g/mol. The molecule has 0 spiro atoms. The maximum Gasteiger partial charge on any atom is 0.240 e. The summed E-state index contributed by atoms with van der Waals surface area (Å²) in [4.78, 5) is 27.7. The molecule has 0 saturated carbocycles. The lowest BCUT2D eigenvalue weighted by molar-refractivity contribution is -0.145. The van der Waals surface area contributed by atoms with Gasteiger partial charge in [-0.2, -0.15) is 0 Å². The molecule has 2 aliphatic heterocycles. The summed E-state index contributed by atoms with van der Waals surface area (Å²) in [6, 6.07) is 1.89. The molecule has 0 N–H and O–H groups in total. The van der Waals surface area contributed by atoms with E-state index < -0.39 is 0 Å². The average Bonchev–Trinajstić information content (AvgIpc) is 2.62. The van der Waals surface area contributed by atoms with Crippen LogP contribution in [0.1, 0.15) is 31.1 Å². The Hall–Kier alpha value is -1.73. The van der Waals surface area contributed by atoms with Crippen molar-refractivity contribution in [1.82, 2.24) is 19.8 Å². The predicted molar refractivity (Wildman–Crippen MR) is 91.9 cm³/mol. The molecule has 2 saturated heterocycles. The summed E-state index contributed by atoms with van der Waals surface area (Å²) < 4.78 is 5.88. The lowest BCUT2D eigenvalue weighted by atomic mass is 10.0. The van der Waals surface area contributed by atoms with Gasteiger partial charge in [-0.25, -0.2) is 9.97 Å². The molecule has 7 heteroatoms. The molecule has 2 unspecified atom stereocenters. The van der Waals surface area contributed by atoms with Crippen molar-refractivity contribution >= 4 is 11.9 Å².